The number of fused-ring (bicyclic) bond motifs is 1. The van der Waals surface area contributed by atoms with Gasteiger partial charge < -0.3 is 8.91 Å². The van der Waals surface area contributed by atoms with Crippen molar-refractivity contribution in [2.24, 2.45) is 5.92 Å². The zero-order valence-electron chi connectivity index (χ0n) is 8.87. The minimum Gasteiger partial charge on any atom is -0.329 e. The van der Waals surface area contributed by atoms with Crippen LogP contribution in [0.4, 0.5) is 5.69 Å². The third-order valence-electron chi connectivity index (χ3n) is 2.30. The van der Waals surface area contributed by atoms with E-state index in [0.29, 0.717) is 5.92 Å². The predicted octanol–water partition coefficient (Wildman–Crippen LogP) is 3.41. The Balaban J connectivity index is 2.55. The number of rotatable bonds is 3. The van der Waals surface area contributed by atoms with Crippen LogP contribution in [0.15, 0.2) is 24.5 Å². The summed E-state index contributed by atoms with van der Waals surface area (Å²) < 4.78 is 5.21. The fourth-order valence-electron chi connectivity index (χ4n) is 1.74. The van der Waals surface area contributed by atoms with Gasteiger partial charge in [-0.05, 0) is 18.1 Å². The second-order valence-electron chi connectivity index (χ2n) is 4.06. The van der Waals surface area contributed by atoms with E-state index >= 15 is 0 Å². The van der Waals surface area contributed by atoms with E-state index in [1.165, 1.54) is 0 Å². The highest BCUT2D eigenvalue weighted by Gasteiger charge is 2.07. The highest BCUT2D eigenvalue weighted by molar-refractivity contribution is 9.10. The van der Waals surface area contributed by atoms with E-state index in [0.717, 1.165) is 23.3 Å². The maximum absolute atomic E-state index is 4.38. The Morgan fingerprint density at radius 2 is 2.27 bits per heavy atom. The molecule has 1 aromatic carbocycles. The van der Waals surface area contributed by atoms with Crippen molar-refractivity contribution in [1.29, 1.82) is 0 Å². The van der Waals surface area contributed by atoms with E-state index in [1.54, 1.807) is 0 Å². The number of nitrogens with zero attached hydrogens (tertiary/aromatic N) is 2. The summed E-state index contributed by atoms with van der Waals surface area (Å²) in [5.74, 6) is 0.616. The van der Waals surface area contributed by atoms with Crippen LogP contribution in [0.25, 0.3) is 11.0 Å². The molecular formula is C11H14BrN3. The van der Waals surface area contributed by atoms with E-state index in [1.807, 2.05) is 24.5 Å². The molecule has 3 nitrogen and oxygen atoms in total. The third kappa shape index (κ3) is 2.00. The van der Waals surface area contributed by atoms with Crippen molar-refractivity contribution in [1.82, 2.24) is 9.55 Å². The standard InChI is InChI=1S/C11H14BrN3/c1-8(2)6-15-7-13-9-4-3-5-10(14-12)11(9)15/h3-5,7-8,14H,6H2,1-2H3. The lowest BCUT2D eigenvalue weighted by molar-refractivity contribution is 0.533. The summed E-state index contributed by atoms with van der Waals surface area (Å²) >= 11 is 3.27. The van der Waals surface area contributed by atoms with Crippen molar-refractivity contribution in [2.75, 3.05) is 4.34 Å². The van der Waals surface area contributed by atoms with Crippen LogP contribution >= 0.6 is 16.1 Å². The molecule has 0 unspecified atom stereocenters. The number of nitrogens with one attached hydrogen (secondary N) is 1. The van der Waals surface area contributed by atoms with Gasteiger partial charge in [0.25, 0.3) is 0 Å². The van der Waals surface area contributed by atoms with E-state index in [4.69, 9.17) is 0 Å². The van der Waals surface area contributed by atoms with E-state index in [-0.39, 0.29) is 0 Å². The van der Waals surface area contributed by atoms with Gasteiger partial charge in [0.2, 0.25) is 0 Å². The van der Waals surface area contributed by atoms with Crippen LogP contribution in [-0.4, -0.2) is 9.55 Å². The minimum atomic E-state index is 0.616. The maximum Gasteiger partial charge on any atom is 0.0958 e. The molecule has 2 aromatic rings. The molecule has 2 rings (SSSR count). The average Bonchev–Trinajstić information content (AvgIpc) is 2.61. The molecule has 0 saturated carbocycles. The highest BCUT2D eigenvalue weighted by atomic mass is 79.9. The van der Waals surface area contributed by atoms with Crippen molar-refractivity contribution in [3.05, 3.63) is 24.5 Å². The molecule has 0 atom stereocenters. The van der Waals surface area contributed by atoms with Crippen molar-refractivity contribution in [2.45, 2.75) is 20.4 Å². The molecule has 0 amide bonds. The Labute approximate surface area is 97.8 Å². The van der Waals surface area contributed by atoms with Crippen molar-refractivity contribution in [3.63, 3.8) is 0 Å². The molecular weight excluding hydrogens is 254 g/mol. The fraction of sp³-hybridized carbons (Fsp3) is 0.364. The average molecular weight is 268 g/mol. The normalized spacial score (nSPS) is 11.2. The molecule has 80 valence electrons. The predicted molar refractivity (Wildman–Crippen MR) is 67.1 cm³/mol. The van der Waals surface area contributed by atoms with Crippen LogP contribution in [0.5, 0.6) is 0 Å². The van der Waals surface area contributed by atoms with Crippen LogP contribution in [0, 0.1) is 5.92 Å². The summed E-state index contributed by atoms with van der Waals surface area (Å²) in [6.45, 7) is 5.40. The molecule has 0 bridgehead atoms. The first-order valence-electron chi connectivity index (χ1n) is 5.03. The Morgan fingerprint density at radius 1 is 1.47 bits per heavy atom. The van der Waals surface area contributed by atoms with Crippen LogP contribution in [-0.2, 0) is 6.54 Å². The summed E-state index contributed by atoms with van der Waals surface area (Å²) in [4.78, 5) is 4.38. The molecule has 0 radical (unpaired) electrons. The smallest absolute Gasteiger partial charge is 0.0958 e. The van der Waals surface area contributed by atoms with Crippen LogP contribution in [0.3, 0.4) is 0 Å². The van der Waals surface area contributed by atoms with E-state index in [9.17, 15) is 0 Å². The Bertz CT molecular complexity index is 462. The van der Waals surface area contributed by atoms with Gasteiger partial charge in [-0.15, -0.1) is 0 Å². The lowest BCUT2D eigenvalue weighted by Gasteiger charge is -2.09. The Hall–Kier alpha value is -1.03. The quantitative estimate of drug-likeness (QED) is 0.864. The molecule has 1 N–H and O–H groups in total. The van der Waals surface area contributed by atoms with Gasteiger partial charge >= 0.3 is 0 Å². The van der Waals surface area contributed by atoms with Gasteiger partial charge in [-0.2, -0.15) is 0 Å². The lowest BCUT2D eigenvalue weighted by Crippen LogP contribution is -2.03. The first-order chi connectivity index (χ1) is 7.22. The third-order valence-corrected chi connectivity index (χ3v) is 2.73. The number of hydrogen-bond acceptors (Lipinski definition) is 2. The SMILES string of the molecule is CC(C)Cn1cnc2cccc(NBr)c21. The van der Waals surface area contributed by atoms with Gasteiger partial charge in [0.15, 0.2) is 0 Å². The van der Waals surface area contributed by atoms with Crippen molar-refractivity contribution in [3.8, 4) is 0 Å². The molecule has 0 spiro atoms. The number of hydrogen-bond donors (Lipinski definition) is 1. The first kappa shape index (κ1) is 10.5. The highest BCUT2D eigenvalue weighted by Crippen LogP contribution is 2.24. The van der Waals surface area contributed by atoms with Gasteiger partial charge in [0.05, 0.1) is 23.0 Å². The number of anilines is 1. The number of benzene rings is 1. The second kappa shape index (κ2) is 4.23. The summed E-state index contributed by atoms with van der Waals surface area (Å²) in [6.07, 6.45) is 1.90. The largest absolute Gasteiger partial charge is 0.329 e. The second-order valence-corrected chi connectivity index (χ2v) is 4.46. The molecule has 0 aliphatic carbocycles. The molecule has 0 fully saturated rings. The van der Waals surface area contributed by atoms with Gasteiger partial charge in [-0.3, -0.25) is 0 Å². The monoisotopic (exact) mass is 267 g/mol. The number of para-hydroxylation sites is 1. The molecule has 0 aliphatic rings. The molecule has 0 aliphatic heterocycles. The fourth-order valence-corrected chi connectivity index (χ4v) is 2.06. The minimum absolute atomic E-state index is 0.616. The lowest BCUT2D eigenvalue weighted by atomic mass is 10.2. The summed E-state index contributed by atoms with van der Waals surface area (Å²) in [5, 5.41) is 0. The Morgan fingerprint density at radius 3 is 2.93 bits per heavy atom. The summed E-state index contributed by atoms with van der Waals surface area (Å²) in [7, 11) is 0. The van der Waals surface area contributed by atoms with Crippen LogP contribution in [0.1, 0.15) is 13.8 Å². The molecule has 0 saturated heterocycles. The first-order valence-corrected chi connectivity index (χ1v) is 5.82. The maximum atomic E-state index is 4.38. The van der Waals surface area contributed by atoms with Crippen LogP contribution < -0.4 is 4.34 Å². The summed E-state index contributed by atoms with van der Waals surface area (Å²) in [6, 6.07) is 6.06. The van der Waals surface area contributed by atoms with Crippen molar-refractivity contribution < 1.29 is 0 Å². The van der Waals surface area contributed by atoms with Crippen molar-refractivity contribution >= 4 is 32.9 Å². The van der Waals surface area contributed by atoms with Gasteiger partial charge in [0, 0.05) is 22.7 Å². The molecule has 1 heterocycles. The number of imidazole rings is 1. The zero-order valence-corrected chi connectivity index (χ0v) is 10.5. The Kier molecular flexibility index (Phi) is 2.95. The molecule has 15 heavy (non-hydrogen) atoms. The van der Waals surface area contributed by atoms with E-state index < -0.39 is 0 Å². The van der Waals surface area contributed by atoms with Crippen LogP contribution in [0.2, 0.25) is 0 Å². The number of halogens is 1. The zero-order chi connectivity index (χ0) is 10.8. The molecule has 4 heteroatoms. The number of aromatic nitrogens is 2. The van der Waals surface area contributed by atoms with Gasteiger partial charge in [-0.1, -0.05) is 19.9 Å². The topological polar surface area (TPSA) is 29.9 Å². The van der Waals surface area contributed by atoms with E-state index in [2.05, 4.69) is 43.9 Å². The molecule has 1 aromatic heterocycles. The van der Waals surface area contributed by atoms with Gasteiger partial charge in [0.1, 0.15) is 0 Å². The summed E-state index contributed by atoms with van der Waals surface area (Å²) in [5.41, 5.74) is 3.24. The van der Waals surface area contributed by atoms with Gasteiger partial charge in [-0.25, -0.2) is 4.98 Å².